The summed E-state index contributed by atoms with van der Waals surface area (Å²) in [6.45, 7) is 2.19. The van der Waals surface area contributed by atoms with Gasteiger partial charge in [0.1, 0.15) is 11.9 Å². The van der Waals surface area contributed by atoms with Gasteiger partial charge in [-0.3, -0.25) is 4.79 Å². The largest absolute Gasteiger partial charge is 0.485 e. The van der Waals surface area contributed by atoms with Crippen molar-refractivity contribution in [2.45, 2.75) is 18.9 Å². The Labute approximate surface area is 134 Å². The lowest BCUT2D eigenvalue weighted by atomic mass is 9.87. The summed E-state index contributed by atoms with van der Waals surface area (Å²) in [5.74, 6) is 1.32. The Balaban J connectivity index is 1.76. The monoisotopic (exact) mass is 313 g/mol. The van der Waals surface area contributed by atoms with Gasteiger partial charge >= 0.3 is 0 Å². The molecule has 0 radical (unpaired) electrons. The number of benzene rings is 1. The average molecular weight is 313 g/mol. The quantitative estimate of drug-likeness (QED) is 0.803. The van der Waals surface area contributed by atoms with Crippen LogP contribution in [-0.2, 0) is 0 Å². The highest BCUT2D eigenvalue weighted by Crippen LogP contribution is 2.42. The second-order valence-electron chi connectivity index (χ2n) is 6.21. The van der Waals surface area contributed by atoms with Crippen LogP contribution in [-0.4, -0.2) is 30.8 Å². The van der Waals surface area contributed by atoms with Gasteiger partial charge in [0.15, 0.2) is 0 Å². The van der Waals surface area contributed by atoms with E-state index in [4.69, 9.17) is 4.74 Å². The third-order valence-electron chi connectivity index (χ3n) is 4.79. The number of fused-ring (bicyclic) bond motifs is 2. The first-order valence-electron chi connectivity index (χ1n) is 7.80. The number of carbonyl (C=O) groups is 1. The smallest absolute Gasteiger partial charge is 0.207 e. The highest BCUT2D eigenvalue weighted by molar-refractivity contribution is 7.12. The zero-order chi connectivity index (χ0) is 15.1. The molecule has 0 saturated carbocycles. The molecule has 1 aromatic heterocycles. The van der Waals surface area contributed by atoms with Crippen molar-refractivity contribution in [3.63, 3.8) is 0 Å². The number of rotatable bonds is 1. The minimum atomic E-state index is 0.00236. The molecule has 114 valence electrons. The summed E-state index contributed by atoms with van der Waals surface area (Å²) < 4.78 is 6.35. The van der Waals surface area contributed by atoms with E-state index in [0.717, 1.165) is 42.1 Å². The third-order valence-corrected chi connectivity index (χ3v) is 5.71. The molecule has 2 aliphatic heterocycles. The van der Waals surface area contributed by atoms with Crippen LogP contribution in [0.25, 0.3) is 0 Å². The average Bonchev–Trinajstić information content (AvgIpc) is 2.99. The normalized spacial score (nSPS) is 22.6. The number of para-hydroxylation sites is 1. The van der Waals surface area contributed by atoms with Gasteiger partial charge in [-0.25, -0.2) is 0 Å². The van der Waals surface area contributed by atoms with Crippen molar-refractivity contribution in [2.24, 2.45) is 5.92 Å². The van der Waals surface area contributed by atoms with Crippen LogP contribution in [0, 0.1) is 5.92 Å². The van der Waals surface area contributed by atoms with Crippen LogP contribution in [0.4, 0.5) is 0 Å². The van der Waals surface area contributed by atoms with Gasteiger partial charge in [0.05, 0.1) is 10.4 Å². The molecule has 0 spiro atoms. The Morgan fingerprint density at radius 2 is 1.95 bits per heavy atom. The molecule has 1 saturated heterocycles. The van der Waals surface area contributed by atoms with Crippen LogP contribution < -0.4 is 4.74 Å². The summed E-state index contributed by atoms with van der Waals surface area (Å²) in [5.41, 5.74) is 1.78. The summed E-state index contributed by atoms with van der Waals surface area (Å²) >= 11 is 1.54. The van der Waals surface area contributed by atoms with E-state index in [2.05, 4.69) is 18.0 Å². The SMILES string of the molecule is CN1CCC(C2Oc3ccccc3C(=O)c3sccc32)CC1. The highest BCUT2D eigenvalue weighted by atomic mass is 32.1. The minimum Gasteiger partial charge on any atom is -0.485 e. The number of likely N-dealkylation sites (tertiary alicyclic amines) is 1. The number of hydrogen-bond donors (Lipinski definition) is 0. The molecule has 4 heteroatoms. The molecule has 0 amide bonds. The third kappa shape index (κ3) is 2.27. The van der Waals surface area contributed by atoms with Crippen molar-refractivity contribution in [3.8, 4) is 5.75 Å². The molecule has 3 nitrogen and oxygen atoms in total. The Morgan fingerprint density at radius 3 is 2.77 bits per heavy atom. The van der Waals surface area contributed by atoms with Gasteiger partial charge in [-0.1, -0.05) is 12.1 Å². The first kappa shape index (κ1) is 14.0. The number of ketones is 1. The fourth-order valence-corrected chi connectivity index (χ4v) is 4.38. The van der Waals surface area contributed by atoms with Gasteiger partial charge in [0.2, 0.25) is 5.78 Å². The molecule has 1 aromatic carbocycles. The molecule has 2 aliphatic rings. The van der Waals surface area contributed by atoms with Crippen molar-refractivity contribution >= 4 is 17.1 Å². The van der Waals surface area contributed by atoms with E-state index in [0.29, 0.717) is 11.5 Å². The van der Waals surface area contributed by atoms with E-state index in [1.165, 1.54) is 11.3 Å². The summed E-state index contributed by atoms with van der Waals surface area (Å²) in [6.07, 6.45) is 2.24. The first-order chi connectivity index (χ1) is 10.7. The molecular formula is C18H19NO2S. The van der Waals surface area contributed by atoms with Gasteiger partial charge in [0, 0.05) is 11.5 Å². The number of nitrogens with zero attached hydrogens (tertiary/aromatic N) is 1. The van der Waals surface area contributed by atoms with Gasteiger partial charge in [-0.05, 0) is 56.6 Å². The lowest BCUT2D eigenvalue weighted by Crippen LogP contribution is -2.34. The molecule has 0 N–H and O–H groups in total. The standard InChI is InChI=1S/C18H19NO2S/c1-19-9-6-12(7-10-19)17-14-8-11-22-18(14)16(20)13-4-2-3-5-15(13)21-17/h2-5,8,11-12,17H,6-7,9-10H2,1H3. The minimum absolute atomic E-state index is 0.00236. The fourth-order valence-electron chi connectivity index (χ4n) is 3.49. The van der Waals surface area contributed by atoms with E-state index in [1.807, 2.05) is 29.6 Å². The summed E-state index contributed by atoms with van der Waals surface area (Å²) in [7, 11) is 2.17. The van der Waals surface area contributed by atoms with Crippen molar-refractivity contribution < 1.29 is 9.53 Å². The summed E-state index contributed by atoms with van der Waals surface area (Å²) in [4.78, 5) is 16.0. The second kappa shape index (κ2) is 5.52. The van der Waals surface area contributed by atoms with Crippen molar-refractivity contribution in [1.29, 1.82) is 0 Å². The zero-order valence-corrected chi connectivity index (χ0v) is 13.4. The first-order valence-corrected chi connectivity index (χ1v) is 8.68. The molecule has 22 heavy (non-hydrogen) atoms. The van der Waals surface area contributed by atoms with Crippen LogP contribution in [0.3, 0.4) is 0 Å². The maximum Gasteiger partial charge on any atom is 0.207 e. The van der Waals surface area contributed by atoms with Crippen molar-refractivity contribution in [2.75, 3.05) is 20.1 Å². The molecule has 2 aromatic rings. The van der Waals surface area contributed by atoms with Crippen molar-refractivity contribution in [1.82, 2.24) is 4.90 Å². The number of piperidine rings is 1. The summed E-state index contributed by atoms with van der Waals surface area (Å²) in [5, 5.41) is 2.02. The molecule has 1 atom stereocenters. The van der Waals surface area contributed by atoms with Gasteiger partial charge < -0.3 is 9.64 Å². The number of ether oxygens (including phenoxy) is 1. The Bertz CT molecular complexity index is 701. The molecular weight excluding hydrogens is 294 g/mol. The van der Waals surface area contributed by atoms with E-state index in [1.54, 1.807) is 0 Å². The maximum absolute atomic E-state index is 12.8. The molecule has 0 aliphatic carbocycles. The lowest BCUT2D eigenvalue weighted by Gasteiger charge is -2.34. The van der Waals surface area contributed by atoms with Gasteiger partial charge in [0.25, 0.3) is 0 Å². The van der Waals surface area contributed by atoms with Gasteiger partial charge in [-0.15, -0.1) is 11.3 Å². The number of thiophene rings is 1. The molecule has 1 fully saturated rings. The summed E-state index contributed by atoms with van der Waals surface area (Å²) in [6, 6.07) is 9.72. The van der Waals surface area contributed by atoms with E-state index in [9.17, 15) is 4.79 Å². The molecule has 3 heterocycles. The van der Waals surface area contributed by atoms with Crippen LogP contribution in [0.2, 0.25) is 0 Å². The Morgan fingerprint density at radius 1 is 1.18 bits per heavy atom. The number of hydrogen-bond acceptors (Lipinski definition) is 4. The van der Waals surface area contributed by atoms with Gasteiger partial charge in [-0.2, -0.15) is 0 Å². The van der Waals surface area contributed by atoms with Crippen LogP contribution in [0.5, 0.6) is 5.75 Å². The predicted molar refractivity (Wildman–Crippen MR) is 87.8 cm³/mol. The molecule has 1 unspecified atom stereocenters. The fraction of sp³-hybridized carbons (Fsp3) is 0.389. The van der Waals surface area contributed by atoms with Crippen LogP contribution in [0.1, 0.15) is 39.7 Å². The lowest BCUT2D eigenvalue weighted by molar-refractivity contribution is 0.0857. The Hall–Kier alpha value is -1.65. The topological polar surface area (TPSA) is 29.5 Å². The van der Waals surface area contributed by atoms with Crippen LogP contribution >= 0.6 is 11.3 Å². The molecule has 0 bridgehead atoms. The zero-order valence-electron chi connectivity index (χ0n) is 12.6. The van der Waals surface area contributed by atoms with E-state index < -0.39 is 0 Å². The van der Waals surface area contributed by atoms with E-state index in [-0.39, 0.29) is 11.9 Å². The Kier molecular flexibility index (Phi) is 3.51. The number of carbonyl (C=O) groups excluding carboxylic acids is 1. The molecule has 4 rings (SSSR count). The van der Waals surface area contributed by atoms with Crippen molar-refractivity contribution in [3.05, 3.63) is 51.7 Å². The van der Waals surface area contributed by atoms with E-state index >= 15 is 0 Å². The highest BCUT2D eigenvalue weighted by Gasteiger charge is 2.35. The second-order valence-corrected chi connectivity index (χ2v) is 7.13. The maximum atomic E-state index is 12.8. The predicted octanol–water partition coefficient (Wildman–Crippen LogP) is 3.75. The van der Waals surface area contributed by atoms with Crippen LogP contribution in [0.15, 0.2) is 35.7 Å².